The smallest absolute Gasteiger partial charge is 0.256 e. The Morgan fingerprint density at radius 1 is 1.15 bits per heavy atom. The molecule has 0 bridgehead atoms. The van der Waals surface area contributed by atoms with Gasteiger partial charge in [0.1, 0.15) is 5.52 Å². The Balaban J connectivity index is 1.55. The Hall–Kier alpha value is -3.75. The lowest BCUT2D eigenvalue weighted by Crippen LogP contribution is -2.39. The van der Waals surface area contributed by atoms with Crippen molar-refractivity contribution >= 4 is 16.9 Å². The number of hydrogen-bond acceptors (Lipinski definition) is 4. The molecule has 9 heteroatoms. The minimum absolute atomic E-state index is 0.187. The van der Waals surface area contributed by atoms with E-state index in [-0.39, 0.29) is 17.5 Å². The number of amides is 1. The van der Waals surface area contributed by atoms with E-state index in [2.05, 4.69) is 15.1 Å². The number of benzene rings is 1. The van der Waals surface area contributed by atoms with Gasteiger partial charge in [0.15, 0.2) is 17.5 Å². The van der Waals surface area contributed by atoms with Crippen LogP contribution in [0.2, 0.25) is 0 Å². The molecule has 1 aliphatic heterocycles. The first-order chi connectivity index (χ1) is 15.8. The lowest BCUT2D eigenvalue weighted by molar-refractivity contribution is 0.0675. The number of aryl methyl sites for hydroxylation is 2. The summed E-state index contributed by atoms with van der Waals surface area (Å²) >= 11 is 0. The largest absolute Gasteiger partial charge is 0.330 e. The van der Waals surface area contributed by atoms with Crippen LogP contribution in [0.25, 0.3) is 22.3 Å². The highest BCUT2D eigenvalue weighted by Gasteiger charge is 2.34. The van der Waals surface area contributed by atoms with Crippen LogP contribution in [0.5, 0.6) is 0 Å². The van der Waals surface area contributed by atoms with Crippen LogP contribution in [0.15, 0.2) is 36.5 Å². The molecule has 168 valence electrons. The third-order valence-electron chi connectivity index (χ3n) is 6.08. The first-order valence-electron chi connectivity index (χ1n) is 10.5. The number of fused-ring (bicyclic) bond motifs is 2. The molecule has 4 heterocycles. The second-order valence-corrected chi connectivity index (χ2v) is 8.20. The minimum atomic E-state index is -1.51. The molecule has 0 radical (unpaired) electrons. The molecule has 0 aliphatic carbocycles. The van der Waals surface area contributed by atoms with Crippen molar-refractivity contribution in [2.24, 2.45) is 7.05 Å². The summed E-state index contributed by atoms with van der Waals surface area (Å²) in [6, 6.07) is 6.87. The van der Waals surface area contributed by atoms with Gasteiger partial charge in [-0.1, -0.05) is 0 Å². The maximum atomic E-state index is 13.9. The number of halogens is 3. The predicted octanol–water partition coefficient (Wildman–Crippen LogP) is 4.52. The van der Waals surface area contributed by atoms with Crippen LogP contribution in [0, 0.1) is 24.4 Å². The third kappa shape index (κ3) is 3.35. The normalized spacial score (nSPS) is 15.7. The summed E-state index contributed by atoms with van der Waals surface area (Å²) in [5.74, 6) is -4.21. The van der Waals surface area contributed by atoms with Gasteiger partial charge in [0.25, 0.3) is 5.91 Å². The number of nitrogens with zero attached hydrogens (tertiary/aromatic N) is 5. The van der Waals surface area contributed by atoms with E-state index in [1.807, 2.05) is 19.9 Å². The standard InChI is InChI=1S/C24H20F3N5O/c1-12-9-16(22-19(29-12)5-4-7-28-22)24(33)32-8-6-15-21(13(32)2)30-31(3)23(15)14-10-17(25)20(27)18(26)11-14/h4-5,7,9-11,13H,6,8H2,1-3H3/t13-/m0/s1. The van der Waals surface area contributed by atoms with Crippen LogP contribution in [0.4, 0.5) is 13.2 Å². The van der Waals surface area contributed by atoms with Crippen molar-refractivity contribution in [3.05, 3.63) is 76.5 Å². The van der Waals surface area contributed by atoms with Crippen molar-refractivity contribution in [2.45, 2.75) is 26.3 Å². The summed E-state index contributed by atoms with van der Waals surface area (Å²) in [5.41, 5.74) is 4.49. The zero-order valence-corrected chi connectivity index (χ0v) is 18.2. The van der Waals surface area contributed by atoms with E-state index in [1.54, 1.807) is 30.3 Å². The molecule has 1 atom stereocenters. The Bertz CT molecular complexity index is 1410. The zero-order chi connectivity index (χ0) is 23.4. The second kappa shape index (κ2) is 7.68. The monoisotopic (exact) mass is 451 g/mol. The Kier molecular flexibility index (Phi) is 4.92. The van der Waals surface area contributed by atoms with Crippen molar-refractivity contribution in [1.82, 2.24) is 24.6 Å². The number of rotatable bonds is 2. The number of carbonyl (C=O) groups excluding carboxylic acids is 1. The van der Waals surface area contributed by atoms with Gasteiger partial charge in [-0.3, -0.25) is 19.4 Å². The molecule has 6 nitrogen and oxygen atoms in total. The fourth-order valence-corrected chi connectivity index (χ4v) is 4.59. The molecular formula is C24H20F3N5O. The predicted molar refractivity (Wildman–Crippen MR) is 116 cm³/mol. The quantitative estimate of drug-likeness (QED) is 0.421. The number of hydrogen-bond donors (Lipinski definition) is 0. The molecule has 0 fully saturated rings. The molecule has 33 heavy (non-hydrogen) atoms. The van der Waals surface area contributed by atoms with Crippen LogP contribution >= 0.6 is 0 Å². The van der Waals surface area contributed by atoms with Crippen molar-refractivity contribution in [1.29, 1.82) is 0 Å². The van der Waals surface area contributed by atoms with Crippen molar-refractivity contribution in [3.63, 3.8) is 0 Å². The van der Waals surface area contributed by atoms with Gasteiger partial charge in [-0.05, 0) is 50.6 Å². The molecule has 1 aromatic carbocycles. The third-order valence-corrected chi connectivity index (χ3v) is 6.08. The summed E-state index contributed by atoms with van der Waals surface area (Å²) in [7, 11) is 1.66. The number of aromatic nitrogens is 4. The van der Waals surface area contributed by atoms with Crippen molar-refractivity contribution in [2.75, 3.05) is 6.54 Å². The first-order valence-corrected chi connectivity index (χ1v) is 10.5. The molecule has 1 aliphatic rings. The van der Waals surface area contributed by atoms with Gasteiger partial charge in [-0.25, -0.2) is 13.2 Å². The highest BCUT2D eigenvalue weighted by atomic mass is 19.2. The van der Waals surface area contributed by atoms with E-state index in [0.717, 1.165) is 17.7 Å². The molecule has 0 spiro atoms. The molecule has 4 aromatic rings. The zero-order valence-electron chi connectivity index (χ0n) is 18.2. The summed E-state index contributed by atoms with van der Waals surface area (Å²) in [4.78, 5) is 24.1. The summed E-state index contributed by atoms with van der Waals surface area (Å²) in [6.07, 6.45) is 2.06. The van der Waals surface area contributed by atoms with Gasteiger partial charge >= 0.3 is 0 Å². The number of carbonyl (C=O) groups is 1. The summed E-state index contributed by atoms with van der Waals surface area (Å²) < 4.78 is 42.8. The van der Waals surface area contributed by atoms with Crippen LogP contribution in [-0.2, 0) is 13.5 Å². The van der Waals surface area contributed by atoms with Gasteiger partial charge in [0.05, 0.1) is 28.5 Å². The molecule has 0 saturated heterocycles. The molecule has 1 amide bonds. The average molecular weight is 451 g/mol. The first kappa shape index (κ1) is 21.1. The van der Waals surface area contributed by atoms with Gasteiger partial charge in [0, 0.05) is 36.6 Å². The molecule has 0 N–H and O–H groups in total. The molecular weight excluding hydrogens is 431 g/mol. The van der Waals surface area contributed by atoms with Crippen molar-refractivity contribution in [3.8, 4) is 11.3 Å². The SMILES string of the molecule is Cc1cc(C(=O)N2CCc3c(nn(C)c3-c3cc(F)c(F)c(F)c3)[C@@H]2C)c2ncccc2n1. The maximum Gasteiger partial charge on any atom is 0.256 e. The Labute approximate surface area is 187 Å². The Morgan fingerprint density at radius 2 is 1.88 bits per heavy atom. The highest BCUT2D eigenvalue weighted by Crippen LogP contribution is 2.37. The van der Waals surface area contributed by atoms with Gasteiger partial charge in [0.2, 0.25) is 0 Å². The molecule has 0 unspecified atom stereocenters. The minimum Gasteiger partial charge on any atom is -0.330 e. The van der Waals surface area contributed by atoms with Gasteiger partial charge in [-0.2, -0.15) is 5.10 Å². The summed E-state index contributed by atoms with van der Waals surface area (Å²) in [6.45, 7) is 4.07. The van der Waals surface area contributed by atoms with Crippen LogP contribution < -0.4 is 0 Å². The fourth-order valence-electron chi connectivity index (χ4n) is 4.59. The van der Waals surface area contributed by atoms with E-state index < -0.39 is 17.5 Å². The van der Waals surface area contributed by atoms with Crippen LogP contribution in [0.1, 0.15) is 40.3 Å². The van der Waals surface area contributed by atoms with Crippen molar-refractivity contribution < 1.29 is 18.0 Å². The number of pyridine rings is 2. The van der Waals surface area contributed by atoms with E-state index in [4.69, 9.17) is 0 Å². The van der Waals surface area contributed by atoms with Crippen LogP contribution in [-0.4, -0.2) is 37.1 Å². The lowest BCUT2D eigenvalue weighted by Gasteiger charge is -2.33. The average Bonchev–Trinajstić information content (AvgIpc) is 3.13. The van der Waals surface area contributed by atoms with E-state index in [0.29, 0.717) is 46.6 Å². The topological polar surface area (TPSA) is 63.9 Å². The van der Waals surface area contributed by atoms with Gasteiger partial charge < -0.3 is 4.90 Å². The summed E-state index contributed by atoms with van der Waals surface area (Å²) in [5, 5.41) is 4.55. The van der Waals surface area contributed by atoms with Crippen LogP contribution in [0.3, 0.4) is 0 Å². The molecule has 0 saturated carbocycles. The lowest BCUT2D eigenvalue weighted by atomic mass is 9.94. The Morgan fingerprint density at radius 3 is 2.61 bits per heavy atom. The molecule has 5 rings (SSSR count). The van der Waals surface area contributed by atoms with Gasteiger partial charge in [-0.15, -0.1) is 0 Å². The molecule has 3 aromatic heterocycles. The fraction of sp³-hybridized carbons (Fsp3) is 0.250. The second-order valence-electron chi connectivity index (χ2n) is 8.20. The van der Waals surface area contributed by atoms with E-state index >= 15 is 0 Å². The maximum absolute atomic E-state index is 13.9. The highest BCUT2D eigenvalue weighted by molar-refractivity contribution is 6.05. The van der Waals surface area contributed by atoms with E-state index in [9.17, 15) is 18.0 Å². The van der Waals surface area contributed by atoms with E-state index in [1.165, 1.54) is 4.68 Å².